The van der Waals surface area contributed by atoms with Crippen LogP contribution in [0.1, 0.15) is 43.0 Å². The Labute approximate surface area is 169 Å². The number of pyridine rings is 1. The molecule has 2 saturated heterocycles. The van der Waals surface area contributed by atoms with Gasteiger partial charge in [0.15, 0.2) is 5.58 Å². The molecule has 3 aromatic heterocycles. The Morgan fingerprint density at radius 2 is 1.86 bits per heavy atom. The van der Waals surface area contributed by atoms with E-state index in [1.54, 1.807) is 6.20 Å². The fourth-order valence-corrected chi connectivity index (χ4v) is 4.52. The average Bonchev–Trinajstić information content (AvgIpc) is 3.43. The van der Waals surface area contributed by atoms with Crippen LogP contribution in [0.15, 0.2) is 28.8 Å². The van der Waals surface area contributed by atoms with E-state index in [-0.39, 0.29) is 5.92 Å². The Bertz CT molecular complexity index is 982. The van der Waals surface area contributed by atoms with Gasteiger partial charge in [-0.15, -0.1) is 0 Å². The van der Waals surface area contributed by atoms with E-state index >= 15 is 0 Å². The Morgan fingerprint density at radius 3 is 2.59 bits per heavy atom. The second kappa shape index (κ2) is 7.50. The number of hydrogen-bond donors (Lipinski definition) is 1. The maximum Gasteiger partial charge on any atom is 0.299 e. The van der Waals surface area contributed by atoms with Crippen LogP contribution in [0.25, 0.3) is 11.2 Å². The molecule has 5 rings (SSSR count). The Kier molecular flexibility index (Phi) is 4.69. The van der Waals surface area contributed by atoms with Crippen molar-refractivity contribution in [2.75, 3.05) is 31.1 Å². The molecule has 0 saturated carbocycles. The van der Waals surface area contributed by atoms with Gasteiger partial charge < -0.3 is 14.2 Å². The highest BCUT2D eigenvalue weighted by molar-refractivity contribution is 5.79. The van der Waals surface area contributed by atoms with Gasteiger partial charge in [-0.05, 0) is 50.8 Å². The van der Waals surface area contributed by atoms with Crippen LogP contribution in [0.2, 0.25) is 0 Å². The zero-order chi connectivity index (χ0) is 19.8. The zero-order valence-corrected chi connectivity index (χ0v) is 16.7. The van der Waals surface area contributed by atoms with Crippen LogP contribution in [0.3, 0.4) is 0 Å². The van der Waals surface area contributed by atoms with Crippen LogP contribution in [0.4, 0.5) is 6.01 Å². The second-order valence-electron chi connectivity index (χ2n) is 8.14. The lowest BCUT2D eigenvalue weighted by Crippen LogP contribution is -2.45. The van der Waals surface area contributed by atoms with Gasteiger partial charge in [-0.2, -0.15) is 10.1 Å². The molecule has 0 aliphatic carbocycles. The van der Waals surface area contributed by atoms with E-state index in [1.807, 2.05) is 25.1 Å². The van der Waals surface area contributed by atoms with Crippen molar-refractivity contribution in [3.05, 3.63) is 35.8 Å². The number of aryl methyl sites for hydroxylation is 1. The first kappa shape index (κ1) is 18.1. The van der Waals surface area contributed by atoms with Crippen molar-refractivity contribution in [1.29, 1.82) is 0 Å². The third kappa shape index (κ3) is 3.59. The molecule has 29 heavy (non-hydrogen) atoms. The molecule has 2 aliphatic heterocycles. The van der Waals surface area contributed by atoms with Crippen molar-refractivity contribution < 1.29 is 9.21 Å². The summed E-state index contributed by atoms with van der Waals surface area (Å²) in [5, 5.41) is 7.12. The molecular weight excluding hydrogens is 368 g/mol. The lowest BCUT2D eigenvalue weighted by atomic mass is 9.91. The molecule has 1 amide bonds. The number of oxazole rings is 1. The lowest BCUT2D eigenvalue weighted by molar-refractivity contribution is -0.137. The van der Waals surface area contributed by atoms with Gasteiger partial charge in [0.2, 0.25) is 11.6 Å². The molecule has 0 spiro atoms. The standard InChI is InChI=1S/C21H26N6O2/c1-14-2-3-18-19(23-14)24-21(29-18)27-12-7-16(8-13-27)20(28)26-10-5-15(6-11-26)17-4-9-22-25-17/h2-4,9,15-16H,5-8,10-13H2,1H3,(H,22,25). The maximum absolute atomic E-state index is 13.0. The number of aromatic nitrogens is 4. The fourth-order valence-electron chi connectivity index (χ4n) is 4.52. The van der Waals surface area contributed by atoms with Gasteiger partial charge in [-0.1, -0.05) is 0 Å². The minimum atomic E-state index is 0.0969. The molecule has 152 valence electrons. The van der Waals surface area contributed by atoms with E-state index in [2.05, 4.69) is 30.0 Å². The van der Waals surface area contributed by atoms with Crippen molar-refractivity contribution in [2.24, 2.45) is 5.92 Å². The van der Waals surface area contributed by atoms with Crippen LogP contribution in [-0.4, -0.2) is 57.2 Å². The third-order valence-electron chi connectivity index (χ3n) is 6.26. The summed E-state index contributed by atoms with van der Waals surface area (Å²) in [5.41, 5.74) is 3.48. The number of H-pyrrole nitrogens is 1. The molecule has 1 N–H and O–H groups in total. The molecule has 8 heteroatoms. The number of fused-ring (bicyclic) bond motifs is 1. The van der Waals surface area contributed by atoms with Crippen LogP contribution in [0, 0.1) is 12.8 Å². The van der Waals surface area contributed by atoms with Crippen LogP contribution in [-0.2, 0) is 4.79 Å². The molecule has 2 aliphatic rings. The van der Waals surface area contributed by atoms with E-state index in [9.17, 15) is 4.79 Å². The number of amides is 1. The first-order valence-corrected chi connectivity index (χ1v) is 10.4. The average molecular weight is 394 g/mol. The van der Waals surface area contributed by atoms with Gasteiger partial charge in [0.25, 0.3) is 6.01 Å². The highest BCUT2D eigenvalue weighted by atomic mass is 16.4. The van der Waals surface area contributed by atoms with E-state index in [1.165, 1.54) is 5.69 Å². The van der Waals surface area contributed by atoms with Crippen molar-refractivity contribution in [3.63, 3.8) is 0 Å². The Balaban J connectivity index is 1.16. The van der Waals surface area contributed by atoms with Gasteiger partial charge >= 0.3 is 0 Å². The van der Waals surface area contributed by atoms with E-state index in [0.717, 1.165) is 57.6 Å². The number of aromatic amines is 1. The summed E-state index contributed by atoms with van der Waals surface area (Å²) < 4.78 is 5.87. The SMILES string of the molecule is Cc1ccc2oc(N3CCC(C(=O)N4CCC(c5ccn[nH]5)CC4)CC3)nc2n1. The molecule has 8 nitrogen and oxygen atoms in total. The molecule has 0 radical (unpaired) electrons. The molecule has 5 heterocycles. The molecule has 0 atom stereocenters. The first-order chi connectivity index (χ1) is 14.2. The molecule has 0 aromatic carbocycles. The number of nitrogens with one attached hydrogen (secondary N) is 1. The van der Waals surface area contributed by atoms with Crippen molar-refractivity contribution in [2.45, 2.75) is 38.5 Å². The molecule has 2 fully saturated rings. The lowest BCUT2D eigenvalue weighted by Gasteiger charge is -2.36. The summed E-state index contributed by atoms with van der Waals surface area (Å²) >= 11 is 0. The van der Waals surface area contributed by atoms with Gasteiger partial charge in [-0.3, -0.25) is 9.89 Å². The van der Waals surface area contributed by atoms with E-state index in [4.69, 9.17) is 4.42 Å². The normalized spacial score (nSPS) is 19.2. The predicted molar refractivity (Wildman–Crippen MR) is 109 cm³/mol. The summed E-state index contributed by atoms with van der Waals surface area (Å²) in [4.78, 5) is 26.1. The van der Waals surface area contributed by atoms with Gasteiger partial charge in [0.05, 0.1) is 0 Å². The van der Waals surface area contributed by atoms with Gasteiger partial charge in [-0.25, -0.2) is 4.98 Å². The number of likely N-dealkylation sites (tertiary alicyclic amines) is 1. The minimum Gasteiger partial charge on any atom is -0.422 e. The van der Waals surface area contributed by atoms with Crippen LogP contribution >= 0.6 is 0 Å². The Hall–Kier alpha value is -2.90. The highest BCUT2D eigenvalue weighted by Gasteiger charge is 2.32. The second-order valence-corrected chi connectivity index (χ2v) is 8.14. The number of anilines is 1. The molecule has 0 bridgehead atoms. The highest BCUT2D eigenvalue weighted by Crippen LogP contribution is 2.30. The molecular formula is C21H26N6O2. The van der Waals surface area contributed by atoms with E-state index in [0.29, 0.717) is 29.1 Å². The quantitative estimate of drug-likeness (QED) is 0.734. The third-order valence-corrected chi connectivity index (χ3v) is 6.26. The van der Waals surface area contributed by atoms with Gasteiger partial charge in [0, 0.05) is 55.6 Å². The maximum atomic E-state index is 13.0. The number of hydrogen-bond acceptors (Lipinski definition) is 6. The topological polar surface area (TPSA) is 91.2 Å². The van der Waals surface area contributed by atoms with Crippen molar-refractivity contribution in [3.8, 4) is 0 Å². The summed E-state index contributed by atoms with van der Waals surface area (Å²) in [5.74, 6) is 0.891. The summed E-state index contributed by atoms with van der Waals surface area (Å²) in [6.07, 6.45) is 5.48. The number of piperidine rings is 2. The van der Waals surface area contributed by atoms with Crippen molar-refractivity contribution in [1.82, 2.24) is 25.1 Å². The Morgan fingerprint density at radius 1 is 1.07 bits per heavy atom. The van der Waals surface area contributed by atoms with Crippen molar-refractivity contribution >= 4 is 23.2 Å². The number of nitrogens with zero attached hydrogens (tertiary/aromatic N) is 5. The monoisotopic (exact) mass is 394 g/mol. The van der Waals surface area contributed by atoms with E-state index < -0.39 is 0 Å². The summed E-state index contributed by atoms with van der Waals surface area (Å²) in [6.45, 7) is 5.18. The number of carbonyl (C=O) groups excluding carboxylic acids is 1. The summed E-state index contributed by atoms with van der Waals surface area (Å²) in [6, 6.07) is 6.50. The van der Waals surface area contributed by atoms with Gasteiger partial charge in [0.1, 0.15) is 0 Å². The molecule has 0 unspecified atom stereocenters. The number of carbonyl (C=O) groups is 1. The summed E-state index contributed by atoms with van der Waals surface area (Å²) in [7, 11) is 0. The number of rotatable bonds is 3. The van der Waals surface area contributed by atoms with Crippen LogP contribution < -0.4 is 4.90 Å². The predicted octanol–water partition coefficient (Wildman–Crippen LogP) is 2.88. The fraction of sp³-hybridized carbons (Fsp3) is 0.524. The minimum absolute atomic E-state index is 0.0969. The zero-order valence-electron chi connectivity index (χ0n) is 16.7. The van der Waals surface area contributed by atoms with Crippen LogP contribution in [0.5, 0.6) is 0 Å². The molecule has 3 aromatic rings. The first-order valence-electron chi connectivity index (χ1n) is 10.4. The largest absolute Gasteiger partial charge is 0.422 e. The smallest absolute Gasteiger partial charge is 0.299 e.